The molecule has 0 bridgehead atoms. The van der Waals surface area contributed by atoms with Crippen molar-refractivity contribution >= 4 is 44.5 Å². The van der Waals surface area contributed by atoms with Crippen LogP contribution in [0, 0.1) is 0 Å². The number of benzene rings is 2. The van der Waals surface area contributed by atoms with Crippen LogP contribution in [0.1, 0.15) is 17.5 Å². The first kappa shape index (κ1) is 20.1. The summed E-state index contributed by atoms with van der Waals surface area (Å²) in [4.78, 5) is 31.9. The zero-order valence-electron chi connectivity index (χ0n) is 18.3. The number of carbonyl (C=O) groups is 2. The maximum absolute atomic E-state index is 13.2. The van der Waals surface area contributed by atoms with Crippen LogP contribution in [0.15, 0.2) is 60.9 Å². The summed E-state index contributed by atoms with van der Waals surface area (Å²) in [5.41, 5.74) is 4.78. The predicted molar refractivity (Wildman–Crippen MR) is 129 cm³/mol. The Bertz CT molecular complexity index is 1420. The predicted octanol–water partition coefficient (Wildman–Crippen LogP) is 3.91. The SMILES string of the molecule is O=C1CC(=O)C(c2cn(CCN3CCOCC3)c3ccccc23)=C1c1c[nH]c2ccccc12. The summed E-state index contributed by atoms with van der Waals surface area (Å²) in [6.07, 6.45) is 3.84. The largest absolute Gasteiger partial charge is 0.379 e. The number of fused-ring (bicyclic) bond motifs is 2. The molecule has 2 aliphatic rings. The number of hydrogen-bond acceptors (Lipinski definition) is 4. The third-order valence-electron chi connectivity index (χ3n) is 6.81. The van der Waals surface area contributed by atoms with Crippen molar-refractivity contribution in [2.75, 3.05) is 32.8 Å². The Labute approximate surface area is 191 Å². The van der Waals surface area contributed by atoms with E-state index >= 15 is 0 Å². The minimum atomic E-state index is -0.107. The molecule has 6 heteroatoms. The second kappa shape index (κ2) is 8.14. The lowest BCUT2D eigenvalue weighted by molar-refractivity contribution is -0.119. The normalized spacial score (nSPS) is 17.7. The van der Waals surface area contributed by atoms with Gasteiger partial charge >= 0.3 is 0 Å². The van der Waals surface area contributed by atoms with Gasteiger partial charge < -0.3 is 14.3 Å². The minimum absolute atomic E-state index is 0.0720. The van der Waals surface area contributed by atoms with Gasteiger partial charge in [0.15, 0.2) is 11.6 Å². The van der Waals surface area contributed by atoms with Gasteiger partial charge in [-0.2, -0.15) is 0 Å². The number of allylic oxidation sites excluding steroid dienone is 2. The van der Waals surface area contributed by atoms with E-state index in [1.165, 1.54) is 0 Å². The molecule has 1 fully saturated rings. The number of nitrogens with one attached hydrogen (secondary N) is 1. The van der Waals surface area contributed by atoms with Crippen molar-refractivity contribution in [2.24, 2.45) is 0 Å². The second-order valence-electron chi connectivity index (χ2n) is 8.73. The highest BCUT2D eigenvalue weighted by Crippen LogP contribution is 2.41. The fourth-order valence-corrected chi connectivity index (χ4v) is 5.15. The first-order valence-corrected chi connectivity index (χ1v) is 11.5. The van der Waals surface area contributed by atoms with Crippen LogP contribution in [0.25, 0.3) is 33.0 Å². The zero-order chi connectivity index (χ0) is 22.4. The van der Waals surface area contributed by atoms with Crippen LogP contribution in [0.2, 0.25) is 0 Å². The molecule has 2 aromatic heterocycles. The number of H-pyrrole nitrogens is 1. The van der Waals surface area contributed by atoms with E-state index in [0.717, 1.165) is 72.3 Å². The maximum Gasteiger partial charge on any atom is 0.172 e. The Balaban J connectivity index is 1.48. The molecule has 2 aromatic carbocycles. The van der Waals surface area contributed by atoms with Gasteiger partial charge in [-0.1, -0.05) is 36.4 Å². The molecule has 6 nitrogen and oxygen atoms in total. The summed E-state index contributed by atoms with van der Waals surface area (Å²) in [5, 5.41) is 1.97. The average molecular weight is 440 g/mol. The van der Waals surface area contributed by atoms with Crippen molar-refractivity contribution in [3.05, 3.63) is 72.1 Å². The number of aromatic amines is 1. The highest BCUT2D eigenvalue weighted by Gasteiger charge is 2.35. The lowest BCUT2D eigenvalue weighted by Gasteiger charge is -2.26. The molecule has 0 spiro atoms. The van der Waals surface area contributed by atoms with Gasteiger partial charge in [0.2, 0.25) is 0 Å². The van der Waals surface area contributed by atoms with E-state index in [2.05, 4.69) is 26.7 Å². The topological polar surface area (TPSA) is 67.3 Å². The molecule has 4 aromatic rings. The number of nitrogens with zero attached hydrogens (tertiary/aromatic N) is 2. The van der Waals surface area contributed by atoms with Gasteiger partial charge in [0, 0.05) is 82.7 Å². The number of carbonyl (C=O) groups excluding carboxylic acids is 2. The lowest BCUT2D eigenvalue weighted by Crippen LogP contribution is -2.38. The number of rotatable bonds is 5. The summed E-state index contributed by atoms with van der Waals surface area (Å²) in [7, 11) is 0. The lowest BCUT2D eigenvalue weighted by atomic mass is 9.95. The van der Waals surface area contributed by atoms with E-state index < -0.39 is 0 Å². The Morgan fingerprint density at radius 3 is 2.33 bits per heavy atom. The van der Waals surface area contributed by atoms with E-state index in [-0.39, 0.29) is 18.0 Å². The molecule has 0 saturated carbocycles. The van der Waals surface area contributed by atoms with Gasteiger partial charge in [-0.05, 0) is 12.1 Å². The number of ketones is 2. The molecule has 1 saturated heterocycles. The summed E-state index contributed by atoms with van der Waals surface area (Å²) >= 11 is 0. The van der Waals surface area contributed by atoms with E-state index in [4.69, 9.17) is 4.74 Å². The van der Waals surface area contributed by atoms with Crippen LogP contribution in [0.3, 0.4) is 0 Å². The third-order valence-corrected chi connectivity index (χ3v) is 6.81. The number of para-hydroxylation sites is 2. The standard InChI is InChI=1S/C27H25N3O3/c31-24-15-25(32)27(26(24)20-16-28-22-7-3-1-5-18(20)22)21-17-30(23-8-4-2-6-19(21)23)10-9-29-11-13-33-14-12-29/h1-8,16-17,28H,9-15H2. The third kappa shape index (κ3) is 3.43. The smallest absolute Gasteiger partial charge is 0.172 e. The second-order valence-corrected chi connectivity index (χ2v) is 8.73. The van der Waals surface area contributed by atoms with Crippen LogP contribution >= 0.6 is 0 Å². The molecule has 0 radical (unpaired) electrons. The molecule has 6 rings (SSSR count). The molecule has 0 unspecified atom stereocenters. The van der Waals surface area contributed by atoms with Gasteiger partial charge in [0.25, 0.3) is 0 Å². The number of ether oxygens (including phenoxy) is 1. The minimum Gasteiger partial charge on any atom is -0.379 e. The fraction of sp³-hybridized carbons (Fsp3) is 0.259. The Hall–Kier alpha value is -3.48. The monoisotopic (exact) mass is 439 g/mol. The number of morpholine rings is 1. The molecule has 3 heterocycles. The van der Waals surface area contributed by atoms with Crippen molar-refractivity contribution in [2.45, 2.75) is 13.0 Å². The first-order valence-electron chi connectivity index (χ1n) is 11.5. The van der Waals surface area contributed by atoms with Gasteiger partial charge in [0.1, 0.15) is 0 Å². The molecule has 0 amide bonds. The molecule has 0 atom stereocenters. The molecule has 33 heavy (non-hydrogen) atoms. The van der Waals surface area contributed by atoms with Crippen molar-refractivity contribution < 1.29 is 14.3 Å². The van der Waals surface area contributed by atoms with Crippen molar-refractivity contribution in [3.8, 4) is 0 Å². The molecule has 1 aliphatic carbocycles. The highest BCUT2D eigenvalue weighted by atomic mass is 16.5. The summed E-state index contributed by atoms with van der Waals surface area (Å²) in [6, 6.07) is 16.0. The average Bonchev–Trinajstić information content (AvgIpc) is 3.51. The van der Waals surface area contributed by atoms with Crippen LogP contribution in [0.5, 0.6) is 0 Å². The quantitative estimate of drug-likeness (QED) is 0.479. The van der Waals surface area contributed by atoms with Crippen LogP contribution in [-0.4, -0.2) is 58.9 Å². The van der Waals surface area contributed by atoms with Gasteiger partial charge in [-0.15, -0.1) is 0 Å². The van der Waals surface area contributed by atoms with Gasteiger partial charge in [-0.25, -0.2) is 0 Å². The van der Waals surface area contributed by atoms with Crippen LogP contribution in [0.4, 0.5) is 0 Å². The Morgan fingerprint density at radius 1 is 0.818 bits per heavy atom. The molecule has 1 N–H and O–H groups in total. The summed E-state index contributed by atoms with van der Waals surface area (Å²) in [6.45, 7) is 5.16. The number of aromatic nitrogens is 2. The van der Waals surface area contributed by atoms with Crippen molar-refractivity contribution in [3.63, 3.8) is 0 Å². The molecule has 166 valence electrons. The first-order chi connectivity index (χ1) is 16.2. The Morgan fingerprint density at radius 2 is 1.52 bits per heavy atom. The summed E-state index contributed by atoms with van der Waals surface area (Å²) < 4.78 is 7.68. The fourth-order valence-electron chi connectivity index (χ4n) is 5.15. The summed E-state index contributed by atoms with van der Waals surface area (Å²) in [5.74, 6) is -0.207. The van der Waals surface area contributed by atoms with E-state index in [1.54, 1.807) is 0 Å². The van der Waals surface area contributed by atoms with Crippen molar-refractivity contribution in [1.82, 2.24) is 14.5 Å². The van der Waals surface area contributed by atoms with Gasteiger partial charge in [0.05, 0.1) is 19.6 Å². The van der Waals surface area contributed by atoms with Gasteiger partial charge in [-0.3, -0.25) is 14.5 Å². The number of Topliss-reactive ketones (excluding diaryl/α,β-unsaturated/α-hetero) is 2. The number of hydrogen-bond donors (Lipinski definition) is 1. The van der Waals surface area contributed by atoms with Crippen LogP contribution < -0.4 is 0 Å². The maximum atomic E-state index is 13.2. The van der Waals surface area contributed by atoms with E-state index in [9.17, 15) is 9.59 Å². The van der Waals surface area contributed by atoms with E-state index in [1.807, 2.05) is 48.7 Å². The van der Waals surface area contributed by atoms with Crippen LogP contribution in [-0.2, 0) is 20.9 Å². The highest BCUT2D eigenvalue weighted by molar-refractivity contribution is 6.52. The van der Waals surface area contributed by atoms with E-state index in [0.29, 0.717) is 11.1 Å². The Kier molecular flexibility index (Phi) is 4.97. The molecular weight excluding hydrogens is 414 g/mol. The molecular formula is C27H25N3O3. The molecule has 1 aliphatic heterocycles. The van der Waals surface area contributed by atoms with Crippen molar-refractivity contribution in [1.29, 1.82) is 0 Å². The zero-order valence-corrected chi connectivity index (χ0v) is 18.3.